The smallest absolute Gasteiger partial charge is 0.326 e. The lowest BCUT2D eigenvalue weighted by Gasteiger charge is -2.23. The summed E-state index contributed by atoms with van der Waals surface area (Å²) < 4.78 is 5.96. The van der Waals surface area contributed by atoms with Crippen molar-refractivity contribution in [2.24, 2.45) is 0 Å². The monoisotopic (exact) mass is 456 g/mol. The number of hydrogen-bond donors (Lipinski definition) is 2. The molecule has 4 rings (SSSR count). The van der Waals surface area contributed by atoms with Crippen LogP contribution in [-0.2, 0) is 19.9 Å². The second-order valence-electron chi connectivity index (χ2n) is 7.09. The van der Waals surface area contributed by atoms with E-state index in [0.29, 0.717) is 23.4 Å². The molecule has 1 aliphatic rings. The highest BCUT2D eigenvalue weighted by molar-refractivity contribution is 9.10. The molecule has 0 radical (unpaired) electrons. The molecule has 0 aliphatic carbocycles. The summed E-state index contributed by atoms with van der Waals surface area (Å²) in [5, 5.41) is 12.5. The Morgan fingerprint density at radius 2 is 2.03 bits per heavy atom. The molecular formula is C22H21BrN2O4. The number of aromatic nitrogens is 1. The maximum absolute atomic E-state index is 13.4. The van der Waals surface area contributed by atoms with Crippen LogP contribution in [-0.4, -0.2) is 35.1 Å². The minimum atomic E-state index is -1.90. The number of halogens is 1. The summed E-state index contributed by atoms with van der Waals surface area (Å²) in [6, 6.07) is 12.7. The van der Waals surface area contributed by atoms with Crippen molar-refractivity contribution in [3.8, 4) is 0 Å². The number of amides is 1. The van der Waals surface area contributed by atoms with Gasteiger partial charge < -0.3 is 14.8 Å². The lowest BCUT2D eigenvalue weighted by atomic mass is 9.87. The van der Waals surface area contributed by atoms with Crippen molar-refractivity contribution in [2.75, 3.05) is 18.1 Å². The van der Waals surface area contributed by atoms with Crippen LogP contribution in [0.15, 0.2) is 53.1 Å². The van der Waals surface area contributed by atoms with Crippen molar-refractivity contribution in [1.82, 2.24) is 4.98 Å². The molecule has 29 heavy (non-hydrogen) atoms. The van der Waals surface area contributed by atoms with Crippen molar-refractivity contribution >= 4 is 44.4 Å². The predicted octanol–water partition coefficient (Wildman–Crippen LogP) is 3.86. The molecule has 0 fully saturated rings. The third-order valence-electron chi connectivity index (χ3n) is 5.22. The van der Waals surface area contributed by atoms with Gasteiger partial charge in [-0.25, -0.2) is 0 Å². The van der Waals surface area contributed by atoms with E-state index in [9.17, 15) is 14.7 Å². The number of para-hydroxylation sites is 1. The molecule has 1 atom stereocenters. The van der Waals surface area contributed by atoms with Crippen LogP contribution >= 0.6 is 15.9 Å². The number of hydrogen-bond acceptors (Lipinski definition) is 4. The van der Waals surface area contributed by atoms with E-state index in [1.165, 1.54) is 4.90 Å². The Bertz CT molecular complexity index is 1090. The lowest BCUT2D eigenvalue weighted by Crippen LogP contribution is -2.43. The molecule has 1 amide bonds. The van der Waals surface area contributed by atoms with E-state index in [1.807, 2.05) is 31.2 Å². The third kappa shape index (κ3) is 3.24. The van der Waals surface area contributed by atoms with Gasteiger partial charge in [0.15, 0.2) is 5.60 Å². The number of unbranched alkanes of at least 4 members (excludes halogenated alkanes) is 1. The fourth-order valence-corrected chi connectivity index (χ4v) is 4.11. The van der Waals surface area contributed by atoms with Crippen molar-refractivity contribution in [2.45, 2.75) is 25.4 Å². The van der Waals surface area contributed by atoms with E-state index < -0.39 is 17.5 Å². The number of rotatable bonds is 6. The van der Waals surface area contributed by atoms with Gasteiger partial charge in [-0.1, -0.05) is 47.5 Å². The zero-order chi connectivity index (χ0) is 20.6. The van der Waals surface area contributed by atoms with Crippen LogP contribution in [0.4, 0.5) is 5.69 Å². The Kier molecular flexibility index (Phi) is 5.19. The van der Waals surface area contributed by atoms with Gasteiger partial charge in [-0.3, -0.25) is 14.5 Å². The number of carbonyl (C=O) groups is 2. The molecule has 7 heteroatoms. The molecule has 0 bridgehead atoms. The molecule has 0 spiro atoms. The van der Waals surface area contributed by atoms with Gasteiger partial charge in [0.25, 0.3) is 5.91 Å². The van der Waals surface area contributed by atoms with Crippen LogP contribution in [0.5, 0.6) is 0 Å². The van der Waals surface area contributed by atoms with Gasteiger partial charge in [0.2, 0.25) is 0 Å². The van der Waals surface area contributed by atoms with Crippen molar-refractivity contribution < 1.29 is 19.4 Å². The third-order valence-corrected chi connectivity index (χ3v) is 5.71. The average molecular weight is 457 g/mol. The number of nitrogens with zero attached hydrogens (tertiary/aromatic N) is 1. The van der Waals surface area contributed by atoms with Crippen LogP contribution in [0.2, 0.25) is 0 Å². The van der Waals surface area contributed by atoms with E-state index in [4.69, 9.17) is 4.74 Å². The highest BCUT2D eigenvalue weighted by atomic mass is 79.9. The summed E-state index contributed by atoms with van der Waals surface area (Å²) in [5.74, 6) is -1.06. The molecule has 6 nitrogen and oxygen atoms in total. The van der Waals surface area contributed by atoms with Gasteiger partial charge in [-0.2, -0.15) is 0 Å². The van der Waals surface area contributed by atoms with Crippen molar-refractivity contribution in [3.63, 3.8) is 0 Å². The van der Waals surface area contributed by atoms with Crippen LogP contribution in [0.3, 0.4) is 0 Å². The topological polar surface area (TPSA) is 82.6 Å². The largest absolute Gasteiger partial charge is 0.464 e. The first-order chi connectivity index (χ1) is 14.0. The van der Waals surface area contributed by atoms with E-state index >= 15 is 0 Å². The predicted molar refractivity (Wildman–Crippen MR) is 114 cm³/mol. The Hall–Kier alpha value is -2.64. The number of aliphatic hydroxyl groups is 1. The maximum atomic E-state index is 13.4. The molecule has 2 aromatic carbocycles. The quantitative estimate of drug-likeness (QED) is 0.435. The highest BCUT2D eigenvalue weighted by Crippen LogP contribution is 2.47. The number of H-pyrrole nitrogens is 1. The molecule has 1 aromatic heterocycles. The summed E-state index contributed by atoms with van der Waals surface area (Å²) in [5.41, 5.74) is 0.306. The van der Waals surface area contributed by atoms with Gasteiger partial charge in [0.1, 0.15) is 6.54 Å². The van der Waals surface area contributed by atoms with Gasteiger partial charge in [-0.05, 0) is 30.7 Å². The van der Waals surface area contributed by atoms with Crippen LogP contribution < -0.4 is 4.90 Å². The molecular weight excluding hydrogens is 436 g/mol. The Labute approximate surface area is 176 Å². The SMILES string of the molecule is CCCCOC(=O)CN1C(=O)[C@@](O)(c2c[nH]c3ccccc23)c2cc(Br)ccc21. The zero-order valence-electron chi connectivity index (χ0n) is 15.9. The van der Waals surface area contributed by atoms with Gasteiger partial charge in [0.05, 0.1) is 12.3 Å². The summed E-state index contributed by atoms with van der Waals surface area (Å²) in [4.78, 5) is 30.2. The van der Waals surface area contributed by atoms with Crippen LogP contribution in [0.25, 0.3) is 10.9 Å². The summed E-state index contributed by atoms with van der Waals surface area (Å²) in [6.45, 7) is 2.08. The number of anilines is 1. The number of ether oxygens (including phenoxy) is 1. The molecule has 150 valence electrons. The lowest BCUT2D eigenvalue weighted by molar-refractivity contribution is -0.144. The molecule has 0 unspecified atom stereocenters. The fraction of sp³-hybridized carbons (Fsp3) is 0.273. The first kappa shape index (κ1) is 19.7. The maximum Gasteiger partial charge on any atom is 0.326 e. The summed E-state index contributed by atoms with van der Waals surface area (Å²) in [6.07, 6.45) is 3.33. The fourth-order valence-electron chi connectivity index (χ4n) is 3.75. The van der Waals surface area contributed by atoms with E-state index in [2.05, 4.69) is 20.9 Å². The molecule has 0 saturated heterocycles. The van der Waals surface area contributed by atoms with Crippen LogP contribution in [0, 0.1) is 0 Å². The Morgan fingerprint density at radius 3 is 2.83 bits per heavy atom. The van der Waals surface area contributed by atoms with Crippen LogP contribution in [0.1, 0.15) is 30.9 Å². The second-order valence-corrected chi connectivity index (χ2v) is 8.00. The number of esters is 1. The normalized spacial score (nSPS) is 18.3. The molecule has 2 N–H and O–H groups in total. The van der Waals surface area contributed by atoms with E-state index in [0.717, 1.165) is 28.2 Å². The molecule has 2 heterocycles. The molecule has 3 aromatic rings. The first-order valence-corrected chi connectivity index (χ1v) is 10.3. The van der Waals surface area contributed by atoms with Gasteiger partial charge >= 0.3 is 5.97 Å². The highest BCUT2D eigenvalue weighted by Gasteiger charge is 2.52. The summed E-state index contributed by atoms with van der Waals surface area (Å²) in [7, 11) is 0. The number of nitrogens with one attached hydrogen (secondary N) is 1. The van der Waals surface area contributed by atoms with Gasteiger partial charge in [-0.15, -0.1) is 0 Å². The molecule has 1 aliphatic heterocycles. The van der Waals surface area contributed by atoms with Gasteiger partial charge in [0, 0.05) is 32.7 Å². The summed E-state index contributed by atoms with van der Waals surface area (Å²) >= 11 is 3.42. The number of aromatic amines is 1. The Morgan fingerprint density at radius 1 is 1.24 bits per heavy atom. The van der Waals surface area contributed by atoms with E-state index in [1.54, 1.807) is 24.4 Å². The Balaban J connectivity index is 1.77. The zero-order valence-corrected chi connectivity index (χ0v) is 17.5. The molecule has 0 saturated carbocycles. The minimum absolute atomic E-state index is 0.248. The van der Waals surface area contributed by atoms with Crippen molar-refractivity contribution in [1.29, 1.82) is 0 Å². The number of fused-ring (bicyclic) bond motifs is 2. The standard InChI is InChI=1S/C22H21BrN2O4/c1-2-3-10-29-20(26)13-25-19-9-8-14(23)11-16(19)22(28,21(25)27)17-12-24-18-7-5-4-6-15(17)18/h4-9,11-12,24,28H,2-3,10,13H2,1H3/t22-/m0/s1. The average Bonchev–Trinajstić information content (AvgIpc) is 3.23. The second kappa shape index (κ2) is 7.65. The number of carbonyl (C=O) groups excluding carboxylic acids is 2. The number of benzene rings is 2. The van der Waals surface area contributed by atoms with Crippen molar-refractivity contribution in [3.05, 3.63) is 64.3 Å². The van der Waals surface area contributed by atoms with E-state index in [-0.39, 0.29) is 6.54 Å². The first-order valence-electron chi connectivity index (χ1n) is 9.53. The minimum Gasteiger partial charge on any atom is -0.464 e.